The van der Waals surface area contributed by atoms with E-state index in [1.165, 1.54) is 21.3 Å². The van der Waals surface area contributed by atoms with Gasteiger partial charge in [-0.3, -0.25) is 9.59 Å². The molecule has 0 aliphatic carbocycles. The summed E-state index contributed by atoms with van der Waals surface area (Å²) in [7, 11) is 4.58. The first-order chi connectivity index (χ1) is 13.2. The van der Waals surface area contributed by atoms with Crippen molar-refractivity contribution in [3.8, 4) is 17.2 Å². The summed E-state index contributed by atoms with van der Waals surface area (Å²) in [5.74, 6) is 1.35. The van der Waals surface area contributed by atoms with Crippen molar-refractivity contribution in [1.82, 2.24) is 10.2 Å². The SMILES string of the molecule is COc1cc(C(=O)N2CCC(NC(=O)CC(C)(C)C)CC2)cc(OC)c1OC. The van der Waals surface area contributed by atoms with E-state index >= 15 is 0 Å². The molecule has 1 aromatic carbocycles. The van der Waals surface area contributed by atoms with E-state index < -0.39 is 0 Å². The molecule has 1 saturated heterocycles. The van der Waals surface area contributed by atoms with Crippen LogP contribution in [0.4, 0.5) is 0 Å². The smallest absolute Gasteiger partial charge is 0.254 e. The molecule has 0 radical (unpaired) electrons. The predicted molar refractivity (Wildman–Crippen MR) is 107 cm³/mol. The van der Waals surface area contributed by atoms with E-state index in [1.807, 2.05) is 20.8 Å². The van der Waals surface area contributed by atoms with Crippen molar-refractivity contribution in [2.75, 3.05) is 34.4 Å². The first kappa shape index (κ1) is 21.9. The van der Waals surface area contributed by atoms with Crippen LogP contribution in [0, 0.1) is 5.41 Å². The van der Waals surface area contributed by atoms with E-state index in [0.717, 1.165) is 12.8 Å². The van der Waals surface area contributed by atoms with Crippen molar-refractivity contribution in [2.24, 2.45) is 5.41 Å². The molecule has 1 aromatic rings. The highest BCUT2D eigenvalue weighted by Crippen LogP contribution is 2.38. The third-order valence-electron chi connectivity index (χ3n) is 4.75. The second kappa shape index (κ2) is 9.17. The monoisotopic (exact) mass is 392 g/mol. The molecule has 0 bridgehead atoms. The lowest BCUT2D eigenvalue weighted by Gasteiger charge is -2.33. The molecule has 7 heteroatoms. The van der Waals surface area contributed by atoms with Crippen LogP contribution in [0.3, 0.4) is 0 Å². The number of carbonyl (C=O) groups is 2. The number of rotatable bonds is 6. The van der Waals surface area contributed by atoms with Crippen LogP contribution in [0.25, 0.3) is 0 Å². The molecule has 2 rings (SSSR count). The number of nitrogens with one attached hydrogen (secondary N) is 1. The Balaban J connectivity index is 2.01. The van der Waals surface area contributed by atoms with Crippen molar-refractivity contribution in [3.05, 3.63) is 17.7 Å². The zero-order valence-electron chi connectivity index (χ0n) is 17.8. The van der Waals surface area contributed by atoms with Gasteiger partial charge in [-0.15, -0.1) is 0 Å². The van der Waals surface area contributed by atoms with Gasteiger partial charge >= 0.3 is 0 Å². The summed E-state index contributed by atoms with van der Waals surface area (Å²) in [4.78, 5) is 26.9. The topological polar surface area (TPSA) is 77.1 Å². The summed E-state index contributed by atoms with van der Waals surface area (Å²) >= 11 is 0. The molecule has 7 nitrogen and oxygen atoms in total. The van der Waals surface area contributed by atoms with E-state index in [1.54, 1.807) is 17.0 Å². The Morgan fingerprint density at radius 1 is 1.04 bits per heavy atom. The largest absolute Gasteiger partial charge is 0.493 e. The fourth-order valence-corrected chi connectivity index (χ4v) is 3.37. The average Bonchev–Trinajstić information content (AvgIpc) is 2.65. The van der Waals surface area contributed by atoms with Crippen LogP contribution in [-0.2, 0) is 4.79 Å². The normalized spacial score (nSPS) is 15.1. The third-order valence-corrected chi connectivity index (χ3v) is 4.75. The van der Waals surface area contributed by atoms with Crippen LogP contribution in [0.1, 0.15) is 50.4 Å². The van der Waals surface area contributed by atoms with Crippen LogP contribution in [0.2, 0.25) is 0 Å². The summed E-state index contributed by atoms with van der Waals surface area (Å²) in [5.41, 5.74) is 0.456. The minimum absolute atomic E-state index is 0.0345. The molecular weight excluding hydrogens is 360 g/mol. The number of methoxy groups -OCH3 is 3. The summed E-state index contributed by atoms with van der Waals surface area (Å²) in [6.07, 6.45) is 1.98. The van der Waals surface area contributed by atoms with Crippen LogP contribution >= 0.6 is 0 Å². The molecule has 1 N–H and O–H groups in total. The molecular formula is C21H32N2O5. The Morgan fingerprint density at radius 2 is 1.57 bits per heavy atom. The van der Waals surface area contributed by atoms with Crippen molar-refractivity contribution in [3.63, 3.8) is 0 Å². The van der Waals surface area contributed by atoms with Gasteiger partial charge in [0.1, 0.15) is 0 Å². The third kappa shape index (κ3) is 5.53. The first-order valence-electron chi connectivity index (χ1n) is 9.57. The van der Waals surface area contributed by atoms with E-state index in [-0.39, 0.29) is 23.3 Å². The molecule has 1 aliphatic heterocycles. The van der Waals surface area contributed by atoms with Crippen LogP contribution in [0.15, 0.2) is 12.1 Å². The van der Waals surface area contributed by atoms with E-state index in [2.05, 4.69) is 5.32 Å². The van der Waals surface area contributed by atoms with Gasteiger partial charge in [0, 0.05) is 31.1 Å². The van der Waals surface area contributed by atoms with Gasteiger partial charge in [0.15, 0.2) is 11.5 Å². The molecule has 0 unspecified atom stereocenters. The molecule has 0 aromatic heterocycles. The Morgan fingerprint density at radius 3 is 2.00 bits per heavy atom. The van der Waals surface area contributed by atoms with Gasteiger partial charge in [0.2, 0.25) is 11.7 Å². The number of hydrogen-bond acceptors (Lipinski definition) is 5. The van der Waals surface area contributed by atoms with Crippen LogP contribution in [0.5, 0.6) is 17.2 Å². The fraction of sp³-hybridized carbons (Fsp3) is 0.619. The summed E-state index contributed by atoms with van der Waals surface area (Å²) in [6.45, 7) is 7.33. The number of nitrogens with zero attached hydrogens (tertiary/aromatic N) is 1. The molecule has 1 aliphatic rings. The Hall–Kier alpha value is -2.44. The standard InChI is InChI=1S/C21H32N2O5/c1-21(2,3)13-18(24)22-15-7-9-23(10-8-15)20(25)14-11-16(26-4)19(28-6)17(12-14)27-5/h11-12,15H,7-10,13H2,1-6H3,(H,22,24). The quantitative estimate of drug-likeness (QED) is 0.806. The van der Waals surface area contributed by atoms with Gasteiger partial charge in [-0.05, 0) is 30.4 Å². The zero-order chi connectivity index (χ0) is 20.9. The lowest BCUT2D eigenvalue weighted by atomic mass is 9.91. The van der Waals surface area contributed by atoms with E-state index in [9.17, 15) is 9.59 Å². The number of amides is 2. The first-order valence-corrected chi connectivity index (χ1v) is 9.57. The lowest BCUT2D eigenvalue weighted by Crippen LogP contribution is -2.47. The summed E-state index contributed by atoms with van der Waals surface area (Å²) in [5, 5.41) is 3.09. The molecule has 1 fully saturated rings. The summed E-state index contributed by atoms with van der Waals surface area (Å²) in [6, 6.07) is 3.45. The Labute approximate surface area is 167 Å². The van der Waals surface area contributed by atoms with Gasteiger partial charge in [0.25, 0.3) is 5.91 Å². The van der Waals surface area contributed by atoms with Crippen LogP contribution < -0.4 is 19.5 Å². The predicted octanol–water partition coefficient (Wildman–Crippen LogP) is 2.87. The maximum absolute atomic E-state index is 12.9. The minimum atomic E-state index is -0.0845. The molecule has 0 atom stereocenters. The Kier molecular flexibility index (Phi) is 7.16. The fourth-order valence-electron chi connectivity index (χ4n) is 3.37. The number of piperidine rings is 1. The minimum Gasteiger partial charge on any atom is -0.493 e. The maximum atomic E-state index is 12.9. The maximum Gasteiger partial charge on any atom is 0.254 e. The van der Waals surface area contributed by atoms with E-state index in [4.69, 9.17) is 14.2 Å². The number of ether oxygens (including phenoxy) is 3. The Bertz CT molecular complexity index is 678. The van der Waals surface area contributed by atoms with Crippen molar-refractivity contribution in [1.29, 1.82) is 0 Å². The van der Waals surface area contributed by atoms with Gasteiger partial charge in [-0.25, -0.2) is 0 Å². The average molecular weight is 392 g/mol. The highest BCUT2D eigenvalue weighted by atomic mass is 16.5. The zero-order valence-corrected chi connectivity index (χ0v) is 17.8. The van der Waals surface area contributed by atoms with Crippen LogP contribution in [-0.4, -0.2) is 57.2 Å². The highest BCUT2D eigenvalue weighted by molar-refractivity contribution is 5.95. The van der Waals surface area contributed by atoms with Gasteiger partial charge in [-0.2, -0.15) is 0 Å². The second-order valence-electron chi connectivity index (χ2n) is 8.29. The van der Waals surface area contributed by atoms with E-state index in [0.29, 0.717) is 42.3 Å². The van der Waals surface area contributed by atoms with Gasteiger partial charge in [-0.1, -0.05) is 20.8 Å². The van der Waals surface area contributed by atoms with Crippen molar-refractivity contribution >= 4 is 11.8 Å². The van der Waals surface area contributed by atoms with Gasteiger partial charge in [0.05, 0.1) is 21.3 Å². The highest BCUT2D eigenvalue weighted by Gasteiger charge is 2.27. The molecule has 0 saturated carbocycles. The summed E-state index contributed by atoms with van der Waals surface area (Å²) < 4.78 is 16.0. The van der Waals surface area contributed by atoms with Crippen molar-refractivity contribution in [2.45, 2.75) is 46.1 Å². The molecule has 0 spiro atoms. The molecule has 28 heavy (non-hydrogen) atoms. The second-order valence-corrected chi connectivity index (χ2v) is 8.29. The number of hydrogen-bond donors (Lipinski definition) is 1. The molecule has 1 heterocycles. The number of likely N-dealkylation sites (tertiary alicyclic amines) is 1. The number of benzene rings is 1. The van der Waals surface area contributed by atoms with Gasteiger partial charge < -0.3 is 24.4 Å². The lowest BCUT2D eigenvalue weighted by molar-refractivity contribution is -0.123. The number of carbonyl (C=O) groups excluding carboxylic acids is 2. The molecule has 2 amide bonds. The van der Waals surface area contributed by atoms with Crippen molar-refractivity contribution < 1.29 is 23.8 Å². The molecule has 156 valence electrons.